The molecular weight excluding hydrogens is 260 g/mol. The van der Waals surface area contributed by atoms with Crippen molar-refractivity contribution in [2.24, 2.45) is 0 Å². The Hall–Kier alpha value is -1.27. The molecular formula is C10H13ClN4OS. The Morgan fingerprint density at radius 3 is 2.88 bits per heavy atom. The van der Waals surface area contributed by atoms with Gasteiger partial charge in [0.05, 0.1) is 0 Å². The largest absolute Gasteiger partial charge is 0.384 e. The van der Waals surface area contributed by atoms with Gasteiger partial charge in [0.15, 0.2) is 5.16 Å². The minimum atomic E-state index is -0.0582. The van der Waals surface area contributed by atoms with E-state index in [1.807, 2.05) is 0 Å². The van der Waals surface area contributed by atoms with Gasteiger partial charge in [0.2, 0.25) is 5.91 Å². The van der Waals surface area contributed by atoms with Gasteiger partial charge in [-0.2, -0.15) is 0 Å². The van der Waals surface area contributed by atoms with Crippen LogP contribution < -0.4 is 5.73 Å². The van der Waals surface area contributed by atoms with Crippen LogP contribution in [0.2, 0.25) is 5.15 Å². The molecule has 1 aromatic heterocycles. The molecule has 92 valence electrons. The topological polar surface area (TPSA) is 72.1 Å². The van der Waals surface area contributed by atoms with Gasteiger partial charge in [-0.25, -0.2) is 9.97 Å². The van der Waals surface area contributed by atoms with E-state index in [1.54, 1.807) is 20.2 Å². The van der Waals surface area contributed by atoms with Crippen LogP contribution in [0.4, 0.5) is 5.82 Å². The molecule has 7 heteroatoms. The number of nitrogen functional groups attached to an aromatic ring is 1. The van der Waals surface area contributed by atoms with E-state index in [0.29, 0.717) is 21.9 Å². The third kappa shape index (κ3) is 5.06. The molecule has 5 nitrogen and oxygen atoms in total. The minimum absolute atomic E-state index is 0.0582. The standard InChI is InChI=1S/C10H13ClN4OS/c1-15(2)9(16)4-3-5-17-10-13-7(11)6-8(12)14-10/h3-4,6H,5H2,1-2H3,(H2,12,13,14)/b4-3+. The summed E-state index contributed by atoms with van der Waals surface area (Å²) in [6, 6.07) is 1.48. The molecule has 0 aliphatic heterocycles. The van der Waals surface area contributed by atoms with Crippen LogP contribution in [0.5, 0.6) is 0 Å². The van der Waals surface area contributed by atoms with Gasteiger partial charge in [-0.05, 0) is 6.08 Å². The number of likely N-dealkylation sites (N-methyl/N-ethyl adjacent to an activating group) is 1. The number of hydrogen-bond acceptors (Lipinski definition) is 5. The van der Waals surface area contributed by atoms with Gasteiger partial charge in [-0.15, -0.1) is 0 Å². The molecule has 0 saturated carbocycles. The SMILES string of the molecule is CN(C)C(=O)/C=C/CSc1nc(N)cc(Cl)n1. The molecule has 0 fully saturated rings. The molecule has 0 aliphatic carbocycles. The van der Waals surface area contributed by atoms with Crippen LogP contribution in [0.1, 0.15) is 0 Å². The number of hydrogen-bond donors (Lipinski definition) is 1. The van der Waals surface area contributed by atoms with E-state index in [1.165, 1.54) is 28.8 Å². The number of rotatable bonds is 4. The Balaban J connectivity index is 2.48. The number of halogens is 1. The smallest absolute Gasteiger partial charge is 0.245 e. The monoisotopic (exact) mass is 272 g/mol. The summed E-state index contributed by atoms with van der Waals surface area (Å²) in [5.74, 6) is 0.859. The summed E-state index contributed by atoms with van der Waals surface area (Å²) in [4.78, 5) is 20.7. The molecule has 1 rings (SSSR count). The number of amides is 1. The quantitative estimate of drug-likeness (QED) is 0.389. The van der Waals surface area contributed by atoms with Crippen molar-refractivity contribution in [3.8, 4) is 0 Å². The van der Waals surface area contributed by atoms with Gasteiger partial charge < -0.3 is 10.6 Å². The number of nitrogens with zero attached hydrogens (tertiary/aromatic N) is 3. The minimum Gasteiger partial charge on any atom is -0.384 e. The first kappa shape index (κ1) is 13.8. The van der Waals surface area contributed by atoms with Crippen LogP contribution in [0, 0.1) is 0 Å². The Morgan fingerprint density at radius 1 is 1.59 bits per heavy atom. The van der Waals surface area contributed by atoms with Gasteiger partial charge in [0.25, 0.3) is 0 Å². The average molecular weight is 273 g/mol. The molecule has 0 aromatic carbocycles. The zero-order valence-electron chi connectivity index (χ0n) is 9.55. The zero-order chi connectivity index (χ0) is 12.8. The number of carbonyl (C=O) groups excluding carboxylic acids is 1. The third-order valence-corrected chi connectivity index (χ3v) is 2.70. The van der Waals surface area contributed by atoms with E-state index >= 15 is 0 Å². The van der Waals surface area contributed by atoms with E-state index in [4.69, 9.17) is 17.3 Å². The van der Waals surface area contributed by atoms with Crippen LogP contribution in [-0.2, 0) is 4.79 Å². The van der Waals surface area contributed by atoms with Gasteiger partial charge in [0.1, 0.15) is 11.0 Å². The molecule has 1 aromatic rings. The van der Waals surface area contributed by atoms with Gasteiger partial charge in [0, 0.05) is 25.9 Å². The maximum Gasteiger partial charge on any atom is 0.245 e. The van der Waals surface area contributed by atoms with E-state index in [-0.39, 0.29) is 5.91 Å². The lowest BCUT2D eigenvalue weighted by atomic mass is 10.5. The first-order valence-electron chi connectivity index (χ1n) is 4.79. The normalized spacial score (nSPS) is 10.8. The number of aromatic nitrogens is 2. The van der Waals surface area contributed by atoms with Crippen molar-refractivity contribution in [2.75, 3.05) is 25.6 Å². The van der Waals surface area contributed by atoms with Crippen LogP contribution in [-0.4, -0.2) is 40.6 Å². The van der Waals surface area contributed by atoms with E-state index < -0.39 is 0 Å². The van der Waals surface area contributed by atoms with Crippen molar-refractivity contribution in [1.82, 2.24) is 14.9 Å². The lowest BCUT2D eigenvalue weighted by Gasteiger charge is -2.04. The summed E-state index contributed by atoms with van der Waals surface area (Å²) in [5.41, 5.74) is 5.52. The summed E-state index contributed by atoms with van der Waals surface area (Å²) < 4.78 is 0. The Kier molecular flexibility index (Phi) is 5.24. The van der Waals surface area contributed by atoms with Crippen LogP contribution in [0.3, 0.4) is 0 Å². The highest BCUT2D eigenvalue weighted by molar-refractivity contribution is 7.99. The summed E-state index contributed by atoms with van der Waals surface area (Å²) in [6.45, 7) is 0. The molecule has 0 saturated heterocycles. The summed E-state index contributed by atoms with van der Waals surface area (Å²) in [7, 11) is 3.39. The van der Waals surface area contributed by atoms with Crippen molar-refractivity contribution in [1.29, 1.82) is 0 Å². The van der Waals surface area contributed by atoms with Crippen LogP contribution in [0.25, 0.3) is 0 Å². The fourth-order valence-corrected chi connectivity index (χ4v) is 1.81. The maximum atomic E-state index is 11.2. The fraction of sp³-hybridized carbons (Fsp3) is 0.300. The predicted octanol–water partition coefficient (Wildman–Crippen LogP) is 1.45. The molecule has 0 bridgehead atoms. The first-order valence-corrected chi connectivity index (χ1v) is 6.16. The maximum absolute atomic E-state index is 11.2. The molecule has 17 heavy (non-hydrogen) atoms. The van der Waals surface area contributed by atoms with Crippen LogP contribution in [0.15, 0.2) is 23.4 Å². The number of nitrogens with two attached hydrogens (primary N) is 1. The Morgan fingerprint density at radius 2 is 2.29 bits per heavy atom. The van der Waals surface area contributed by atoms with E-state index in [0.717, 1.165) is 0 Å². The highest BCUT2D eigenvalue weighted by atomic mass is 35.5. The fourth-order valence-electron chi connectivity index (χ4n) is 0.899. The molecule has 0 spiro atoms. The highest BCUT2D eigenvalue weighted by Gasteiger charge is 2.01. The van der Waals surface area contributed by atoms with Gasteiger partial charge >= 0.3 is 0 Å². The zero-order valence-corrected chi connectivity index (χ0v) is 11.1. The highest BCUT2D eigenvalue weighted by Crippen LogP contribution is 2.17. The molecule has 1 amide bonds. The van der Waals surface area contributed by atoms with Gasteiger partial charge in [-0.1, -0.05) is 29.4 Å². The number of thioether (sulfide) groups is 1. The lowest BCUT2D eigenvalue weighted by Crippen LogP contribution is -2.18. The second-order valence-corrected chi connectivity index (χ2v) is 4.72. The van der Waals surface area contributed by atoms with E-state index in [2.05, 4.69) is 9.97 Å². The summed E-state index contributed by atoms with van der Waals surface area (Å²) in [5, 5.41) is 0.810. The summed E-state index contributed by atoms with van der Waals surface area (Å²) in [6.07, 6.45) is 3.24. The second-order valence-electron chi connectivity index (χ2n) is 3.34. The number of anilines is 1. The molecule has 0 unspecified atom stereocenters. The van der Waals surface area contributed by atoms with Crippen molar-refractivity contribution in [2.45, 2.75) is 5.16 Å². The van der Waals surface area contributed by atoms with E-state index in [9.17, 15) is 4.79 Å². The first-order chi connectivity index (χ1) is 7.99. The number of carbonyl (C=O) groups is 1. The second kappa shape index (κ2) is 6.46. The lowest BCUT2D eigenvalue weighted by molar-refractivity contribution is -0.123. The van der Waals surface area contributed by atoms with Crippen molar-refractivity contribution in [3.05, 3.63) is 23.4 Å². The van der Waals surface area contributed by atoms with Crippen molar-refractivity contribution >= 4 is 35.1 Å². The molecule has 2 N–H and O–H groups in total. The van der Waals surface area contributed by atoms with Crippen LogP contribution >= 0.6 is 23.4 Å². The average Bonchev–Trinajstić information content (AvgIpc) is 2.22. The molecule has 0 atom stereocenters. The Labute approximate surface area is 109 Å². The Bertz CT molecular complexity index is 416. The molecule has 0 radical (unpaired) electrons. The summed E-state index contributed by atoms with van der Waals surface area (Å²) >= 11 is 7.09. The molecule has 1 heterocycles. The molecule has 0 aliphatic rings. The third-order valence-electron chi connectivity index (χ3n) is 1.70. The van der Waals surface area contributed by atoms with Crippen molar-refractivity contribution < 1.29 is 4.79 Å². The van der Waals surface area contributed by atoms with Crippen molar-refractivity contribution in [3.63, 3.8) is 0 Å². The predicted molar refractivity (Wildman–Crippen MR) is 70.0 cm³/mol. The van der Waals surface area contributed by atoms with Gasteiger partial charge in [-0.3, -0.25) is 4.79 Å².